The third-order valence-corrected chi connectivity index (χ3v) is 2.26. The first-order valence-corrected chi connectivity index (χ1v) is 4.53. The monoisotopic (exact) mass is 228 g/mol. The van der Waals surface area contributed by atoms with Crippen molar-refractivity contribution in [1.82, 2.24) is 19.5 Å². The van der Waals surface area contributed by atoms with Crippen LogP contribution in [0.3, 0.4) is 0 Å². The highest BCUT2D eigenvalue weighted by atomic mass is 35.5. The topological polar surface area (TPSA) is 62.1 Å². The van der Waals surface area contributed by atoms with Crippen molar-refractivity contribution in [2.45, 2.75) is 0 Å². The van der Waals surface area contributed by atoms with Crippen LogP contribution < -0.4 is 9.47 Å². The molecule has 0 aliphatic heterocycles. The van der Waals surface area contributed by atoms with E-state index in [0.29, 0.717) is 17.2 Å². The lowest BCUT2D eigenvalue weighted by atomic mass is 10.5. The molecule has 0 fully saturated rings. The summed E-state index contributed by atoms with van der Waals surface area (Å²) < 4.78 is 11.6. The molecule has 0 aromatic carbocycles. The Hall–Kier alpha value is -1.56. The van der Waals surface area contributed by atoms with Crippen molar-refractivity contribution < 1.29 is 9.47 Å². The van der Waals surface area contributed by atoms with Crippen LogP contribution in [0.4, 0.5) is 0 Å². The number of ether oxygens (including phenoxy) is 2. The van der Waals surface area contributed by atoms with Crippen molar-refractivity contribution in [3.8, 4) is 12.0 Å². The molecule has 0 atom stereocenters. The van der Waals surface area contributed by atoms with E-state index in [4.69, 9.17) is 21.1 Å². The Morgan fingerprint density at radius 1 is 1.13 bits per heavy atom. The van der Waals surface area contributed by atoms with Crippen molar-refractivity contribution in [3.63, 3.8) is 0 Å². The van der Waals surface area contributed by atoms with Crippen LogP contribution in [-0.4, -0.2) is 33.7 Å². The predicted octanol–water partition coefficient (Wildman–Crippen LogP) is 1.03. The van der Waals surface area contributed by atoms with E-state index in [2.05, 4.69) is 15.0 Å². The number of hydrogen-bond acceptors (Lipinski definition) is 5. The molecule has 0 amide bonds. The van der Waals surface area contributed by atoms with E-state index in [9.17, 15) is 0 Å². The number of aromatic nitrogens is 4. The van der Waals surface area contributed by atoms with Gasteiger partial charge in [-0.1, -0.05) is 11.6 Å². The van der Waals surface area contributed by atoms with Crippen molar-refractivity contribution in [3.05, 3.63) is 5.15 Å². The SMILES string of the molecule is COc1nc(Cl)c2c(n1)nc(OC)n2C. The first-order valence-electron chi connectivity index (χ1n) is 4.15. The van der Waals surface area contributed by atoms with Gasteiger partial charge in [-0.2, -0.15) is 15.0 Å². The van der Waals surface area contributed by atoms with E-state index in [-0.39, 0.29) is 11.2 Å². The zero-order valence-electron chi connectivity index (χ0n) is 8.48. The van der Waals surface area contributed by atoms with Gasteiger partial charge in [0.2, 0.25) is 0 Å². The Kier molecular flexibility index (Phi) is 2.36. The summed E-state index contributed by atoms with van der Waals surface area (Å²) in [4.78, 5) is 12.1. The fraction of sp³-hybridized carbons (Fsp3) is 0.375. The lowest BCUT2D eigenvalue weighted by molar-refractivity contribution is 0.368. The van der Waals surface area contributed by atoms with Gasteiger partial charge in [0.15, 0.2) is 10.8 Å². The Morgan fingerprint density at radius 3 is 2.47 bits per heavy atom. The quantitative estimate of drug-likeness (QED) is 0.719. The number of methoxy groups -OCH3 is 2. The van der Waals surface area contributed by atoms with E-state index < -0.39 is 0 Å². The lowest BCUT2D eigenvalue weighted by Crippen LogP contribution is -1.96. The maximum absolute atomic E-state index is 5.97. The second-order valence-corrected chi connectivity index (χ2v) is 3.19. The largest absolute Gasteiger partial charge is 0.468 e. The maximum atomic E-state index is 5.97. The Labute approximate surface area is 90.8 Å². The van der Waals surface area contributed by atoms with Gasteiger partial charge in [-0.15, -0.1) is 0 Å². The van der Waals surface area contributed by atoms with E-state index in [1.54, 1.807) is 11.6 Å². The molecule has 6 nitrogen and oxygen atoms in total. The minimum Gasteiger partial charge on any atom is -0.468 e. The number of aryl methyl sites for hydroxylation is 1. The molecule has 15 heavy (non-hydrogen) atoms. The van der Waals surface area contributed by atoms with Crippen LogP contribution in [-0.2, 0) is 7.05 Å². The molecule has 2 aromatic heterocycles. The van der Waals surface area contributed by atoms with Gasteiger partial charge >= 0.3 is 6.01 Å². The first-order chi connectivity index (χ1) is 7.17. The van der Waals surface area contributed by atoms with Crippen LogP contribution in [0, 0.1) is 0 Å². The van der Waals surface area contributed by atoms with Gasteiger partial charge in [0.05, 0.1) is 14.2 Å². The molecule has 0 radical (unpaired) electrons. The highest BCUT2D eigenvalue weighted by Gasteiger charge is 2.15. The zero-order chi connectivity index (χ0) is 11.0. The molecule has 0 saturated heterocycles. The van der Waals surface area contributed by atoms with Crippen molar-refractivity contribution in [2.75, 3.05) is 14.2 Å². The van der Waals surface area contributed by atoms with Gasteiger partial charge in [0.25, 0.3) is 6.01 Å². The van der Waals surface area contributed by atoms with Crippen molar-refractivity contribution in [2.24, 2.45) is 7.05 Å². The standard InChI is InChI=1S/C8H9ClN4O2/c1-13-4-5(9)10-7(14-2)11-6(4)12-8(13)15-3/h1-3H3. The van der Waals surface area contributed by atoms with Crippen molar-refractivity contribution >= 4 is 22.8 Å². The highest BCUT2D eigenvalue weighted by Crippen LogP contribution is 2.25. The van der Waals surface area contributed by atoms with Crippen LogP contribution in [0.2, 0.25) is 5.15 Å². The van der Waals surface area contributed by atoms with Crippen LogP contribution in [0.15, 0.2) is 0 Å². The minimum atomic E-state index is 0.188. The predicted molar refractivity (Wildman–Crippen MR) is 54.4 cm³/mol. The number of halogens is 1. The summed E-state index contributed by atoms with van der Waals surface area (Å²) in [7, 11) is 4.77. The average molecular weight is 229 g/mol. The summed E-state index contributed by atoms with van der Waals surface area (Å²) in [6, 6.07) is 0.614. The second-order valence-electron chi connectivity index (χ2n) is 2.83. The average Bonchev–Trinajstić information content (AvgIpc) is 2.55. The van der Waals surface area contributed by atoms with Gasteiger partial charge in [0.1, 0.15) is 5.52 Å². The van der Waals surface area contributed by atoms with Gasteiger partial charge in [-0.25, -0.2) is 0 Å². The van der Waals surface area contributed by atoms with Gasteiger partial charge < -0.3 is 9.47 Å². The van der Waals surface area contributed by atoms with E-state index in [0.717, 1.165) is 0 Å². The summed E-state index contributed by atoms with van der Waals surface area (Å²) in [6.45, 7) is 0. The summed E-state index contributed by atoms with van der Waals surface area (Å²) in [5.41, 5.74) is 1.07. The molecule has 0 unspecified atom stereocenters. The lowest BCUT2D eigenvalue weighted by Gasteiger charge is -2.00. The van der Waals surface area contributed by atoms with Crippen LogP contribution in [0.5, 0.6) is 12.0 Å². The summed E-state index contributed by atoms with van der Waals surface area (Å²) in [5, 5.41) is 0.287. The molecule has 0 N–H and O–H groups in total. The van der Waals surface area contributed by atoms with Gasteiger partial charge in [-0.05, 0) is 0 Å². The third-order valence-electron chi connectivity index (χ3n) is 1.99. The number of fused-ring (bicyclic) bond motifs is 1. The third kappa shape index (κ3) is 1.46. The van der Waals surface area contributed by atoms with Crippen LogP contribution >= 0.6 is 11.6 Å². The first kappa shape index (κ1) is 9.97. The second kappa shape index (κ2) is 3.54. The van der Waals surface area contributed by atoms with Crippen LogP contribution in [0.1, 0.15) is 0 Å². The fourth-order valence-corrected chi connectivity index (χ4v) is 1.58. The molecule has 0 saturated carbocycles. The minimum absolute atomic E-state index is 0.188. The van der Waals surface area contributed by atoms with Crippen molar-refractivity contribution in [1.29, 1.82) is 0 Å². The summed E-state index contributed by atoms with van der Waals surface area (Å²) >= 11 is 5.97. The molecule has 7 heteroatoms. The molecule has 2 aromatic rings. The number of imidazole rings is 1. The fourth-order valence-electron chi connectivity index (χ4n) is 1.30. The molecule has 2 rings (SSSR count). The zero-order valence-corrected chi connectivity index (χ0v) is 9.24. The Balaban J connectivity index is 2.77. The number of hydrogen-bond donors (Lipinski definition) is 0. The Morgan fingerprint density at radius 2 is 1.87 bits per heavy atom. The number of nitrogens with zero attached hydrogens (tertiary/aromatic N) is 4. The van der Waals surface area contributed by atoms with Gasteiger partial charge in [-0.3, -0.25) is 4.57 Å². The van der Waals surface area contributed by atoms with Crippen LogP contribution in [0.25, 0.3) is 11.2 Å². The molecular formula is C8H9ClN4O2. The molecule has 80 valence electrons. The molecular weight excluding hydrogens is 220 g/mol. The maximum Gasteiger partial charge on any atom is 0.319 e. The molecule has 0 spiro atoms. The molecule has 0 aliphatic carbocycles. The molecule has 0 bridgehead atoms. The smallest absolute Gasteiger partial charge is 0.319 e. The van der Waals surface area contributed by atoms with E-state index in [1.807, 2.05) is 0 Å². The van der Waals surface area contributed by atoms with Gasteiger partial charge in [0, 0.05) is 7.05 Å². The Bertz CT molecular complexity index is 511. The summed E-state index contributed by atoms with van der Waals surface area (Å²) in [5.74, 6) is 0. The van der Waals surface area contributed by atoms with E-state index in [1.165, 1.54) is 14.2 Å². The highest BCUT2D eigenvalue weighted by molar-refractivity contribution is 6.33. The molecule has 2 heterocycles. The summed E-state index contributed by atoms with van der Waals surface area (Å²) in [6.07, 6.45) is 0. The molecule has 0 aliphatic rings. The van der Waals surface area contributed by atoms with E-state index >= 15 is 0 Å². The number of rotatable bonds is 2. The normalized spacial score (nSPS) is 10.7.